The van der Waals surface area contributed by atoms with Crippen LogP contribution in [0.25, 0.3) is 0 Å². The van der Waals surface area contributed by atoms with Crippen LogP contribution in [0.15, 0.2) is 12.3 Å². The maximum atomic E-state index is 10.7. The van der Waals surface area contributed by atoms with Crippen LogP contribution in [0.3, 0.4) is 0 Å². The van der Waals surface area contributed by atoms with E-state index >= 15 is 0 Å². The number of nitrogens with two attached hydrogens (primary N) is 2. The van der Waals surface area contributed by atoms with E-state index < -0.39 is 11.9 Å². The number of hydrogen-bond donors (Lipinski definition) is 4. The van der Waals surface area contributed by atoms with Crippen molar-refractivity contribution in [3.63, 3.8) is 0 Å². The maximum absolute atomic E-state index is 10.7. The molecule has 0 saturated carbocycles. The summed E-state index contributed by atoms with van der Waals surface area (Å²) < 4.78 is 0. The summed E-state index contributed by atoms with van der Waals surface area (Å²) in [5, 5.41) is 6.22. The minimum absolute atomic E-state index is 0.545. The van der Waals surface area contributed by atoms with Crippen molar-refractivity contribution < 1.29 is 4.79 Å². The fourth-order valence-electron chi connectivity index (χ4n) is 0.753. The van der Waals surface area contributed by atoms with Gasteiger partial charge in [0.15, 0.2) is 0 Å². The molecule has 6 nitrogen and oxygen atoms in total. The van der Waals surface area contributed by atoms with Gasteiger partial charge in [0.2, 0.25) is 5.91 Å². The van der Waals surface area contributed by atoms with Gasteiger partial charge >= 0.3 is 0 Å². The summed E-state index contributed by atoms with van der Waals surface area (Å²) in [5.74, 6) is 4.52. The summed E-state index contributed by atoms with van der Waals surface area (Å²) >= 11 is 0. The molecule has 0 spiro atoms. The van der Waals surface area contributed by atoms with Gasteiger partial charge in [-0.05, 0) is 6.07 Å². The number of primary amides is 1. The van der Waals surface area contributed by atoms with E-state index in [0.29, 0.717) is 5.69 Å². The lowest BCUT2D eigenvalue weighted by molar-refractivity contribution is -0.120. The normalized spacial score (nSPS) is 12.8. The average Bonchev–Trinajstić information content (AvgIpc) is 2.40. The van der Waals surface area contributed by atoms with Crippen LogP contribution in [-0.2, 0) is 4.79 Å². The van der Waals surface area contributed by atoms with Crippen LogP contribution in [0, 0.1) is 0 Å². The monoisotopic (exact) mass is 155 g/mol. The van der Waals surface area contributed by atoms with Gasteiger partial charge in [-0.3, -0.25) is 15.7 Å². The first-order chi connectivity index (χ1) is 5.25. The molecular formula is C5H9N5O. The van der Waals surface area contributed by atoms with Gasteiger partial charge in [0, 0.05) is 6.20 Å². The van der Waals surface area contributed by atoms with Crippen LogP contribution in [0.5, 0.6) is 0 Å². The van der Waals surface area contributed by atoms with Crippen molar-refractivity contribution >= 4 is 5.91 Å². The number of aromatic nitrogens is 2. The highest BCUT2D eigenvalue weighted by atomic mass is 16.1. The summed E-state index contributed by atoms with van der Waals surface area (Å²) in [4.78, 5) is 10.7. The topological polar surface area (TPSA) is 110 Å². The first-order valence-corrected chi connectivity index (χ1v) is 3.00. The van der Waals surface area contributed by atoms with Gasteiger partial charge < -0.3 is 5.73 Å². The van der Waals surface area contributed by atoms with Gasteiger partial charge in [0.05, 0.1) is 5.69 Å². The molecule has 0 aliphatic heterocycles. The molecule has 11 heavy (non-hydrogen) atoms. The van der Waals surface area contributed by atoms with E-state index in [2.05, 4.69) is 15.6 Å². The molecule has 6 heteroatoms. The van der Waals surface area contributed by atoms with Gasteiger partial charge in [0.1, 0.15) is 6.04 Å². The second kappa shape index (κ2) is 3.13. The van der Waals surface area contributed by atoms with Gasteiger partial charge in [-0.2, -0.15) is 5.10 Å². The molecule has 0 aliphatic rings. The molecule has 0 bridgehead atoms. The van der Waals surface area contributed by atoms with E-state index in [1.54, 1.807) is 6.07 Å². The third kappa shape index (κ3) is 1.54. The van der Waals surface area contributed by atoms with Crippen molar-refractivity contribution in [2.24, 2.45) is 11.6 Å². The highest BCUT2D eigenvalue weighted by molar-refractivity contribution is 5.80. The standard InChI is InChI=1S/C5H9N5O/c6-5(11)4(9-7)3-1-2-8-10-3/h1-2,4,9H,7H2,(H2,6,11)(H,8,10). The number of carbonyl (C=O) groups excluding carboxylic acids is 1. The lowest BCUT2D eigenvalue weighted by Gasteiger charge is -2.07. The Hall–Kier alpha value is -1.40. The number of carbonyl (C=O) groups is 1. The van der Waals surface area contributed by atoms with Crippen molar-refractivity contribution in [1.29, 1.82) is 0 Å². The first kappa shape index (κ1) is 7.70. The van der Waals surface area contributed by atoms with Crippen LogP contribution in [0.4, 0.5) is 0 Å². The SMILES string of the molecule is NNC(C(N)=O)c1ccn[nH]1. The number of H-pyrrole nitrogens is 1. The molecule has 0 aliphatic carbocycles. The number of rotatable bonds is 3. The minimum atomic E-state index is -0.697. The number of hydrazine groups is 1. The lowest BCUT2D eigenvalue weighted by Crippen LogP contribution is -2.37. The fraction of sp³-hybridized carbons (Fsp3) is 0.200. The molecule has 1 atom stereocenters. The van der Waals surface area contributed by atoms with Crippen LogP contribution >= 0.6 is 0 Å². The van der Waals surface area contributed by atoms with Gasteiger partial charge in [0.25, 0.3) is 0 Å². The van der Waals surface area contributed by atoms with Crippen LogP contribution in [0.1, 0.15) is 11.7 Å². The summed E-state index contributed by atoms with van der Waals surface area (Å²) in [7, 11) is 0. The number of hydrogen-bond acceptors (Lipinski definition) is 4. The molecule has 0 saturated heterocycles. The molecule has 6 N–H and O–H groups in total. The van der Waals surface area contributed by atoms with E-state index in [1.165, 1.54) is 6.20 Å². The van der Waals surface area contributed by atoms with E-state index in [4.69, 9.17) is 11.6 Å². The van der Waals surface area contributed by atoms with E-state index in [1.807, 2.05) is 0 Å². The third-order valence-electron chi connectivity index (χ3n) is 1.28. The van der Waals surface area contributed by atoms with E-state index in [0.717, 1.165) is 0 Å². The van der Waals surface area contributed by atoms with Crippen molar-refractivity contribution in [3.05, 3.63) is 18.0 Å². The maximum Gasteiger partial charge on any atom is 0.242 e. The molecule has 0 aromatic carbocycles. The highest BCUT2D eigenvalue weighted by Gasteiger charge is 2.16. The smallest absolute Gasteiger partial charge is 0.242 e. The number of aromatic amines is 1. The fourth-order valence-corrected chi connectivity index (χ4v) is 0.753. The Bertz CT molecular complexity index is 231. The highest BCUT2D eigenvalue weighted by Crippen LogP contribution is 2.05. The van der Waals surface area contributed by atoms with Crippen molar-refractivity contribution in [1.82, 2.24) is 15.6 Å². The quantitative estimate of drug-likeness (QED) is 0.311. The lowest BCUT2D eigenvalue weighted by atomic mass is 10.2. The molecule has 0 fully saturated rings. The second-order valence-corrected chi connectivity index (χ2v) is 2.01. The Kier molecular flexibility index (Phi) is 2.19. The van der Waals surface area contributed by atoms with Gasteiger partial charge in [-0.25, -0.2) is 5.43 Å². The summed E-state index contributed by atoms with van der Waals surface area (Å²) in [6.07, 6.45) is 1.52. The summed E-state index contributed by atoms with van der Waals surface area (Å²) in [5.41, 5.74) is 7.82. The van der Waals surface area contributed by atoms with Crippen molar-refractivity contribution in [2.75, 3.05) is 0 Å². The largest absolute Gasteiger partial charge is 0.368 e. The van der Waals surface area contributed by atoms with Crippen molar-refractivity contribution in [3.8, 4) is 0 Å². The predicted molar refractivity (Wildman–Crippen MR) is 37.8 cm³/mol. The molecule has 1 unspecified atom stereocenters. The molecule has 0 radical (unpaired) electrons. The Morgan fingerprint density at radius 1 is 1.82 bits per heavy atom. The van der Waals surface area contributed by atoms with E-state index in [-0.39, 0.29) is 0 Å². The average molecular weight is 155 g/mol. The zero-order valence-electron chi connectivity index (χ0n) is 5.74. The zero-order valence-corrected chi connectivity index (χ0v) is 5.74. The molecule has 1 aromatic rings. The predicted octanol–water partition coefficient (Wildman–Crippen LogP) is -1.60. The molecule has 1 heterocycles. The summed E-state index contributed by atoms with van der Waals surface area (Å²) in [6, 6.07) is 0.924. The first-order valence-electron chi connectivity index (χ1n) is 3.00. The molecular weight excluding hydrogens is 146 g/mol. The number of nitrogens with zero attached hydrogens (tertiary/aromatic N) is 1. The van der Waals surface area contributed by atoms with Gasteiger partial charge in [-0.15, -0.1) is 0 Å². The number of amides is 1. The minimum Gasteiger partial charge on any atom is -0.368 e. The van der Waals surface area contributed by atoms with Gasteiger partial charge in [-0.1, -0.05) is 0 Å². The molecule has 1 amide bonds. The van der Waals surface area contributed by atoms with Crippen LogP contribution in [-0.4, -0.2) is 16.1 Å². The van der Waals surface area contributed by atoms with Crippen LogP contribution < -0.4 is 17.0 Å². The Morgan fingerprint density at radius 2 is 2.55 bits per heavy atom. The summed E-state index contributed by atoms with van der Waals surface area (Å²) in [6.45, 7) is 0. The number of nitrogens with one attached hydrogen (secondary N) is 2. The van der Waals surface area contributed by atoms with Crippen molar-refractivity contribution in [2.45, 2.75) is 6.04 Å². The van der Waals surface area contributed by atoms with Crippen LogP contribution in [0.2, 0.25) is 0 Å². The second-order valence-electron chi connectivity index (χ2n) is 2.01. The zero-order chi connectivity index (χ0) is 8.27. The molecule has 60 valence electrons. The molecule has 1 rings (SSSR count). The Morgan fingerprint density at radius 3 is 2.91 bits per heavy atom. The molecule has 1 aromatic heterocycles. The van der Waals surface area contributed by atoms with E-state index in [9.17, 15) is 4.79 Å². The Labute approximate surface area is 62.9 Å². The third-order valence-corrected chi connectivity index (χ3v) is 1.28. The Balaban J connectivity index is 2.79.